The molecule has 0 radical (unpaired) electrons. The molecule has 1 aliphatic rings. The van der Waals surface area contributed by atoms with Crippen molar-refractivity contribution in [1.82, 2.24) is 19.7 Å². The zero-order valence-corrected chi connectivity index (χ0v) is 17.3. The molecule has 0 unspecified atom stereocenters. The van der Waals surface area contributed by atoms with Gasteiger partial charge in [0.05, 0.1) is 17.4 Å². The highest BCUT2D eigenvalue weighted by molar-refractivity contribution is 6.40. The first-order valence-corrected chi connectivity index (χ1v) is 9.89. The number of nitrogens with zero attached hydrogens (tertiary/aromatic N) is 6. The topological polar surface area (TPSA) is 110 Å². The smallest absolute Gasteiger partial charge is 0.270 e. The van der Waals surface area contributed by atoms with Gasteiger partial charge in [-0.25, -0.2) is 9.67 Å². The molecule has 2 aromatic carbocycles. The first-order valence-electron chi connectivity index (χ1n) is 9.89. The van der Waals surface area contributed by atoms with Crippen LogP contribution in [-0.2, 0) is 9.59 Å². The molecule has 9 heteroatoms. The quantitative estimate of drug-likeness (QED) is 0.659. The maximum absolute atomic E-state index is 13.2. The van der Waals surface area contributed by atoms with E-state index in [1.165, 1.54) is 11.3 Å². The average molecular weight is 417 g/mol. The van der Waals surface area contributed by atoms with Gasteiger partial charge in [-0.1, -0.05) is 30.3 Å². The Morgan fingerprint density at radius 1 is 1.10 bits per heavy atom. The fourth-order valence-corrected chi connectivity index (χ4v) is 3.53. The fraction of sp³-hybridized carbons (Fsp3) is 0.227. The number of aromatic nitrogens is 3. The molecule has 0 bridgehead atoms. The Morgan fingerprint density at radius 3 is 2.42 bits per heavy atom. The van der Waals surface area contributed by atoms with E-state index in [0.29, 0.717) is 11.4 Å². The van der Waals surface area contributed by atoms with E-state index in [2.05, 4.69) is 15.2 Å². The van der Waals surface area contributed by atoms with Crippen molar-refractivity contribution in [2.45, 2.75) is 25.4 Å². The first kappa shape index (κ1) is 20.3. The van der Waals surface area contributed by atoms with Gasteiger partial charge in [0.25, 0.3) is 5.91 Å². The van der Waals surface area contributed by atoms with Gasteiger partial charge in [-0.3, -0.25) is 14.6 Å². The second-order valence-corrected chi connectivity index (χ2v) is 7.37. The molecule has 0 aliphatic carbocycles. The van der Waals surface area contributed by atoms with E-state index in [1.54, 1.807) is 23.0 Å². The minimum absolute atomic E-state index is 0.172. The third-order valence-electron chi connectivity index (χ3n) is 5.47. The molecule has 0 saturated heterocycles. The summed E-state index contributed by atoms with van der Waals surface area (Å²) in [7, 11) is 1.73. The number of hydrazone groups is 1. The van der Waals surface area contributed by atoms with Gasteiger partial charge in [-0.2, -0.15) is 10.2 Å². The third-order valence-corrected chi connectivity index (χ3v) is 5.47. The molecule has 1 aromatic heterocycles. The van der Waals surface area contributed by atoms with Gasteiger partial charge >= 0.3 is 0 Å². The standard InChI is InChI=1S/C22H23N7O2/c1-15(16-8-10-17(11-9-16)28-14-24-13-25-28)27(2)22(31)19-12-20(21(23)30)29(26-19)18-6-4-3-5-7-18/h3-11,13-15,20H,12H2,1-2H3,(H2,23,30)/t15-,20-/m0/s1. The number of rotatable bonds is 6. The number of primary amides is 1. The Balaban J connectivity index is 1.52. The normalized spacial score (nSPS) is 16.6. The van der Waals surface area contributed by atoms with Crippen LogP contribution in [0.2, 0.25) is 0 Å². The average Bonchev–Trinajstić information content (AvgIpc) is 3.49. The summed E-state index contributed by atoms with van der Waals surface area (Å²) in [6.07, 6.45) is 3.27. The van der Waals surface area contributed by atoms with Crippen molar-refractivity contribution in [1.29, 1.82) is 0 Å². The van der Waals surface area contributed by atoms with Crippen LogP contribution in [0.1, 0.15) is 24.9 Å². The molecule has 158 valence electrons. The number of nitrogens with two attached hydrogens (primary N) is 1. The largest absolute Gasteiger partial charge is 0.368 e. The van der Waals surface area contributed by atoms with Crippen molar-refractivity contribution in [2.75, 3.05) is 12.1 Å². The van der Waals surface area contributed by atoms with Crippen LogP contribution in [0.5, 0.6) is 0 Å². The molecule has 2 N–H and O–H groups in total. The summed E-state index contributed by atoms with van der Waals surface area (Å²) in [5, 5.41) is 10.1. The lowest BCUT2D eigenvalue weighted by molar-refractivity contribution is -0.124. The molecule has 0 saturated carbocycles. The SMILES string of the molecule is C[C@@H](c1ccc(-n2cncn2)cc1)N(C)C(=O)C1=NN(c2ccccc2)[C@H](C(N)=O)C1. The number of para-hydroxylation sites is 1. The number of benzene rings is 2. The van der Waals surface area contributed by atoms with Gasteiger partial charge in [-0.15, -0.1) is 0 Å². The van der Waals surface area contributed by atoms with Gasteiger partial charge in [0.2, 0.25) is 5.91 Å². The van der Waals surface area contributed by atoms with E-state index in [9.17, 15) is 9.59 Å². The summed E-state index contributed by atoms with van der Waals surface area (Å²) in [5.74, 6) is -0.757. The van der Waals surface area contributed by atoms with E-state index in [-0.39, 0.29) is 18.4 Å². The summed E-state index contributed by atoms with van der Waals surface area (Å²) in [6, 6.07) is 16.1. The van der Waals surface area contributed by atoms with Gasteiger partial charge < -0.3 is 10.6 Å². The Bertz CT molecular complexity index is 1090. The molecule has 0 spiro atoms. The minimum Gasteiger partial charge on any atom is -0.368 e. The Labute approximate surface area is 179 Å². The van der Waals surface area contributed by atoms with Crippen LogP contribution >= 0.6 is 0 Å². The molecular weight excluding hydrogens is 394 g/mol. The van der Waals surface area contributed by atoms with Crippen LogP contribution in [0, 0.1) is 0 Å². The molecule has 2 amide bonds. The number of amides is 2. The molecule has 4 rings (SSSR count). The van der Waals surface area contributed by atoms with Gasteiger partial charge in [0.1, 0.15) is 24.4 Å². The zero-order chi connectivity index (χ0) is 22.0. The van der Waals surface area contributed by atoms with Crippen LogP contribution < -0.4 is 10.7 Å². The Hall–Kier alpha value is -4.01. The van der Waals surface area contributed by atoms with Crippen molar-refractivity contribution in [3.8, 4) is 5.69 Å². The maximum atomic E-state index is 13.2. The van der Waals surface area contributed by atoms with E-state index in [4.69, 9.17) is 5.73 Å². The van der Waals surface area contributed by atoms with E-state index >= 15 is 0 Å². The number of hydrogen-bond donors (Lipinski definition) is 1. The number of carbonyl (C=O) groups is 2. The van der Waals surface area contributed by atoms with Crippen molar-refractivity contribution in [2.24, 2.45) is 10.8 Å². The summed E-state index contributed by atoms with van der Waals surface area (Å²) in [5.41, 5.74) is 8.44. The van der Waals surface area contributed by atoms with E-state index in [0.717, 1.165) is 11.3 Å². The van der Waals surface area contributed by atoms with Crippen LogP contribution in [0.4, 0.5) is 5.69 Å². The lowest BCUT2D eigenvalue weighted by atomic mass is 10.0. The summed E-state index contributed by atoms with van der Waals surface area (Å²) < 4.78 is 1.67. The Morgan fingerprint density at radius 2 is 1.81 bits per heavy atom. The third kappa shape index (κ3) is 4.02. The lowest BCUT2D eigenvalue weighted by Crippen LogP contribution is -2.40. The lowest BCUT2D eigenvalue weighted by Gasteiger charge is -2.25. The Kier molecular flexibility index (Phi) is 5.48. The summed E-state index contributed by atoms with van der Waals surface area (Å²) >= 11 is 0. The molecule has 31 heavy (non-hydrogen) atoms. The summed E-state index contributed by atoms with van der Waals surface area (Å²) in [6.45, 7) is 1.94. The predicted molar refractivity (Wildman–Crippen MR) is 116 cm³/mol. The molecule has 2 atom stereocenters. The fourth-order valence-electron chi connectivity index (χ4n) is 3.53. The second-order valence-electron chi connectivity index (χ2n) is 7.37. The van der Waals surface area contributed by atoms with Crippen molar-refractivity contribution >= 4 is 23.2 Å². The molecule has 1 aliphatic heterocycles. The second kappa shape index (κ2) is 8.39. The minimum atomic E-state index is -0.688. The van der Waals surface area contributed by atoms with Crippen LogP contribution in [0.25, 0.3) is 5.69 Å². The van der Waals surface area contributed by atoms with Crippen molar-refractivity contribution < 1.29 is 9.59 Å². The molecule has 0 fully saturated rings. The van der Waals surface area contributed by atoms with Gasteiger partial charge in [0.15, 0.2) is 0 Å². The highest BCUT2D eigenvalue weighted by Gasteiger charge is 2.36. The maximum Gasteiger partial charge on any atom is 0.270 e. The van der Waals surface area contributed by atoms with Crippen LogP contribution in [-0.4, -0.2) is 50.3 Å². The summed E-state index contributed by atoms with van der Waals surface area (Å²) in [4.78, 5) is 30.7. The molecule has 3 aromatic rings. The number of carbonyl (C=O) groups excluding carboxylic acids is 2. The zero-order valence-electron chi connectivity index (χ0n) is 17.3. The van der Waals surface area contributed by atoms with Crippen molar-refractivity contribution in [3.05, 3.63) is 72.8 Å². The van der Waals surface area contributed by atoms with Gasteiger partial charge in [-0.05, 0) is 36.8 Å². The first-order chi connectivity index (χ1) is 15.0. The highest BCUT2D eigenvalue weighted by atomic mass is 16.2. The van der Waals surface area contributed by atoms with Gasteiger partial charge in [0, 0.05) is 13.5 Å². The highest BCUT2D eigenvalue weighted by Crippen LogP contribution is 2.27. The van der Waals surface area contributed by atoms with Crippen LogP contribution in [0.3, 0.4) is 0 Å². The monoisotopic (exact) mass is 417 g/mol. The number of hydrogen-bond acceptors (Lipinski definition) is 6. The van der Waals surface area contributed by atoms with Crippen LogP contribution in [0.15, 0.2) is 72.4 Å². The van der Waals surface area contributed by atoms with E-state index in [1.807, 2.05) is 61.5 Å². The van der Waals surface area contributed by atoms with E-state index < -0.39 is 11.9 Å². The van der Waals surface area contributed by atoms with Crippen molar-refractivity contribution in [3.63, 3.8) is 0 Å². The predicted octanol–water partition coefficient (Wildman–Crippen LogP) is 1.91. The molecule has 9 nitrogen and oxygen atoms in total. The molecular formula is C22H23N7O2. The molecule has 2 heterocycles. The number of anilines is 1.